The first-order chi connectivity index (χ1) is 21.1. The van der Waals surface area contributed by atoms with Crippen LogP contribution in [0.15, 0.2) is 49.6 Å². The van der Waals surface area contributed by atoms with E-state index in [2.05, 4.69) is 34.4 Å². The summed E-state index contributed by atoms with van der Waals surface area (Å²) in [6, 6.07) is 6.02. The number of hydrogen-bond acceptors (Lipinski definition) is 8. The maximum absolute atomic E-state index is 14.5. The predicted octanol–water partition coefficient (Wildman–Crippen LogP) is 2.75. The molecule has 11 nitrogen and oxygen atoms in total. The Labute approximate surface area is 266 Å². The van der Waals surface area contributed by atoms with Crippen LogP contribution < -0.4 is 15.0 Å². The number of anilines is 1. The van der Waals surface area contributed by atoms with Gasteiger partial charge in [-0.25, -0.2) is 0 Å². The molecule has 3 aliphatic heterocycles. The lowest BCUT2D eigenvalue weighted by Crippen LogP contribution is -2.57. The average molecular weight is 677 g/mol. The monoisotopic (exact) mass is 675 g/mol. The first kappa shape index (κ1) is 33.7. The minimum absolute atomic E-state index is 0.0529. The molecule has 3 amide bonds. The molecule has 0 saturated carbocycles. The summed E-state index contributed by atoms with van der Waals surface area (Å²) >= 11 is 3.67. The van der Waals surface area contributed by atoms with Crippen LogP contribution in [0.25, 0.3) is 0 Å². The van der Waals surface area contributed by atoms with Crippen LogP contribution in [-0.4, -0.2) is 95.7 Å². The normalized spacial score (nSPS) is 27.4. The number of esters is 1. The smallest absolute Gasteiger partial charge is 0.312 e. The third kappa shape index (κ3) is 6.57. The van der Waals surface area contributed by atoms with Gasteiger partial charge in [-0.1, -0.05) is 28.1 Å². The number of allylic oxidation sites excluding steroid dienone is 1. The van der Waals surface area contributed by atoms with E-state index in [0.717, 1.165) is 0 Å². The number of ether oxygens (including phenoxy) is 3. The van der Waals surface area contributed by atoms with Crippen LogP contribution in [0.3, 0.4) is 0 Å². The van der Waals surface area contributed by atoms with Gasteiger partial charge in [0.1, 0.15) is 23.5 Å². The zero-order valence-electron chi connectivity index (χ0n) is 25.3. The Bertz CT molecular complexity index is 1240. The number of rotatable bonds is 16. The summed E-state index contributed by atoms with van der Waals surface area (Å²) in [5, 5.41) is 12.2. The van der Waals surface area contributed by atoms with Gasteiger partial charge in [-0.2, -0.15) is 0 Å². The Morgan fingerprint density at radius 3 is 2.61 bits per heavy atom. The number of carbonyl (C=O) groups excluding carboxylic acids is 4. The van der Waals surface area contributed by atoms with Gasteiger partial charge in [0.15, 0.2) is 0 Å². The van der Waals surface area contributed by atoms with Crippen molar-refractivity contribution in [2.24, 2.45) is 11.8 Å². The molecule has 3 fully saturated rings. The van der Waals surface area contributed by atoms with Crippen molar-refractivity contribution in [3.05, 3.63) is 49.6 Å². The molecule has 240 valence electrons. The summed E-state index contributed by atoms with van der Waals surface area (Å²) in [4.78, 5) is 57.2. The number of likely N-dealkylation sites (tertiary alicyclic amines) is 1. The number of benzene rings is 1. The highest BCUT2D eigenvalue weighted by Gasteiger charge is 2.77. The molecule has 1 aromatic carbocycles. The molecular formula is C32H42BrN3O8. The Morgan fingerprint density at radius 2 is 1.98 bits per heavy atom. The molecule has 1 unspecified atom stereocenters. The quantitative estimate of drug-likeness (QED) is 0.118. The first-order valence-corrected chi connectivity index (χ1v) is 15.9. The van der Waals surface area contributed by atoms with Crippen molar-refractivity contribution < 1.29 is 38.5 Å². The van der Waals surface area contributed by atoms with E-state index in [9.17, 15) is 24.3 Å². The van der Waals surface area contributed by atoms with Crippen LogP contribution in [0.2, 0.25) is 0 Å². The van der Waals surface area contributed by atoms with Crippen molar-refractivity contribution in [1.29, 1.82) is 0 Å². The highest BCUT2D eigenvalue weighted by Crippen LogP contribution is 2.60. The Hall–Kier alpha value is -3.22. The van der Waals surface area contributed by atoms with E-state index in [1.54, 1.807) is 55.4 Å². The van der Waals surface area contributed by atoms with E-state index in [0.29, 0.717) is 37.1 Å². The van der Waals surface area contributed by atoms with E-state index in [-0.39, 0.29) is 55.2 Å². The fourth-order valence-corrected chi connectivity index (χ4v) is 7.51. The topological polar surface area (TPSA) is 135 Å². The zero-order valence-corrected chi connectivity index (χ0v) is 26.9. The van der Waals surface area contributed by atoms with Crippen LogP contribution >= 0.6 is 15.9 Å². The maximum Gasteiger partial charge on any atom is 0.312 e. The van der Waals surface area contributed by atoms with Crippen LogP contribution in [0, 0.1) is 11.8 Å². The number of amides is 3. The van der Waals surface area contributed by atoms with E-state index in [1.165, 1.54) is 4.90 Å². The average Bonchev–Trinajstić information content (AvgIpc) is 3.61. The van der Waals surface area contributed by atoms with Gasteiger partial charge in [-0.05, 0) is 56.9 Å². The number of nitrogens with zero attached hydrogens (tertiary/aromatic N) is 2. The van der Waals surface area contributed by atoms with Gasteiger partial charge in [0.25, 0.3) is 5.91 Å². The van der Waals surface area contributed by atoms with Crippen LogP contribution in [0.5, 0.6) is 5.75 Å². The van der Waals surface area contributed by atoms with Gasteiger partial charge in [0, 0.05) is 36.6 Å². The van der Waals surface area contributed by atoms with Gasteiger partial charge < -0.3 is 34.4 Å². The SMILES string of the molecule is C=CCCC(=O)NC[C@@H](C)OC(=O)[C@H]1[C@@H]2O[C@@]3(CC2Br)[C@@H]1C(=O)N(CCCCO)[C@@H]3C(=O)N(CC=C)c1ccc(OC)cc1. The number of aliphatic hydroxyl groups is 1. The fraction of sp³-hybridized carbons (Fsp3) is 0.562. The summed E-state index contributed by atoms with van der Waals surface area (Å²) in [6.45, 7) is 9.59. The number of halogens is 1. The number of alkyl halides is 1. The molecule has 3 saturated heterocycles. The molecule has 0 aromatic heterocycles. The molecule has 0 radical (unpaired) electrons. The summed E-state index contributed by atoms with van der Waals surface area (Å²) < 4.78 is 17.6. The van der Waals surface area contributed by atoms with E-state index in [1.807, 2.05) is 0 Å². The molecule has 12 heteroatoms. The first-order valence-electron chi connectivity index (χ1n) is 15.0. The lowest BCUT2D eigenvalue weighted by Gasteiger charge is -2.37. The van der Waals surface area contributed by atoms with E-state index in [4.69, 9.17) is 14.2 Å². The molecule has 44 heavy (non-hydrogen) atoms. The summed E-state index contributed by atoms with van der Waals surface area (Å²) in [5.41, 5.74) is -0.662. The number of aliphatic hydroxyl groups excluding tert-OH is 1. The summed E-state index contributed by atoms with van der Waals surface area (Å²) in [6.07, 6.45) is 4.04. The van der Waals surface area contributed by atoms with E-state index < -0.39 is 41.7 Å². The second-order valence-corrected chi connectivity index (χ2v) is 12.6. The molecule has 1 spiro atoms. The van der Waals surface area contributed by atoms with Crippen molar-refractivity contribution in [3.63, 3.8) is 0 Å². The largest absolute Gasteiger partial charge is 0.497 e. The van der Waals surface area contributed by atoms with Gasteiger partial charge >= 0.3 is 5.97 Å². The third-order valence-corrected chi connectivity index (χ3v) is 9.39. The molecule has 2 N–H and O–H groups in total. The van der Waals surface area contributed by atoms with E-state index >= 15 is 0 Å². The summed E-state index contributed by atoms with van der Waals surface area (Å²) in [5.74, 6) is -2.70. The molecular weight excluding hydrogens is 634 g/mol. The van der Waals surface area contributed by atoms with Crippen molar-refractivity contribution in [3.8, 4) is 5.75 Å². The molecule has 2 bridgehead atoms. The fourth-order valence-electron chi connectivity index (χ4n) is 6.57. The molecule has 3 aliphatic rings. The second-order valence-electron chi connectivity index (χ2n) is 11.4. The molecule has 1 aromatic rings. The summed E-state index contributed by atoms with van der Waals surface area (Å²) in [7, 11) is 1.56. The minimum Gasteiger partial charge on any atom is -0.497 e. The lowest BCUT2D eigenvalue weighted by atomic mass is 9.70. The number of unbranched alkanes of at least 4 members (excludes halogenated alkanes) is 1. The van der Waals surface area contributed by atoms with Crippen molar-refractivity contribution in [1.82, 2.24) is 10.2 Å². The molecule has 4 rings (SSSR count). The van der Waals surface area contributed by atoms with Crippen molar-refractivity contribution >= 4 is 45.3 Å². The minimum atomic E-state index is -1.26. The van der Waals surface area contributed by atoms with Crippen molar-refractivity contribution in [2.75, 3.05) is 38.3 Å². The Kier molecular flexibility index (Phi) is 11.3. The number of methoxy groups -OCH3 is 1. The third-order valence-electron chi connectivity index (χ3n) is 8.54. The number of carbonyl (C=O) groups is 4. The zero-order chi connectivity index (χ0) is 32.0. The lowest BCUT2D eigenvalue weighted by molar-refractivity contribution is -0.159. The van der Waals surface area contributed by atoms with Gasteiger partial charge in [-0.15, -0.1) is 13.2 Å². The highest BCUT2D eigenvalue weighted by molar-refractivity contribution is 9.09. The molecule has 7 atom stereocenters. The number of nitrogens with one attached hydrogen (secondary N) is 1. The predicted molar refractivity (Wildman–Crippen MR) is 167 cm³/mol. The van der Waals surface area contributed by atoms with Crippen molar-refractivity contribution in [2.45, 2.75) is 67.7 Å². The number of fused-ring (bicyclic) bond motifs is 1. The molecule has 3 heterocycles. The van der Waals surface area contributed by atoms with Crippen LogP contribution in [-0.2, 0) is 28.7 Å². The van der Waals surface area contributed by atoms with Gasteiger partial charge in [0.05, 0.1) is 31.6 Å². The van der Waals surface area contributed by atoms with Gasteiger partial charge in [-0.3, -0.25) is 19.2 Å². The van der Waals surface area contributed by atoms with Crippen LogP contribution in [0.4, 0.5) is 5.69 Å². The second kappa shape index (κ2) is 14.7. The number of hydrogen-bond donors (Lipinski definition) is 2. The maximum atomic E-state index is 14.5. The Morgan fingerprint density at radius 1 is 1.25 bits per heavy atom. The van der Waals surface area contributed by atoms with Crippen LogP contribution in [0.1, 0.15) is 39.0 Å². The highest BCUT2D eigenvalue weighted by atomic mass is 79.9. The Balaban J connectivity index is 1.63. The molecule has 0 aliphatic carbocycles. The standard InChI is InChI=1S/C32H42BrN3O8/c1-5-7-10-24(38)34-19-20(3)43-31(41)25-26-29(39)36(16-8-9-17-37)28(32(26)18-23(33)27(25)44-32)30(40)35(15-6-2)21-11-13-22(42-4)14-12-21/h5-6,11-14,20,23,25-28,37H,1-2,7-10,15-19H2,3-4H3,(H,34,38)/t20-,23?,25-,26+,27-,28-,32+/m1/s1. The van der Waals surface area contributed by atoms with Gasteiger partial charge in [0.2, 0.25) is 11.8 Å².